The Labute approximate surface area is 191 Å². The Kier molecular flexibility index (Phi) is 19.4. The molecule has 1 fully saturated rings. The van der Waals surface area contributed by atoms with Crippen molar-refractivity contribution in [3.63, 3.8) is 0 Å². The molecule has 1 aliphatic heterocycles. The van der Waals surface area contributed by atoms with Crippen molar-refractivity contribution in [1.29, 1.82) is 0 Å². The highest BCUT2D eigenvalue weighted by atomic mass is 31.2. The third kappa shape index (κ3) is 17.2. The Morgan fingerprint density at radius 2 is 1.29 bits per heavy atom. The summed E-state index contributed by atoms with van der Waals surface area (Å²) in [7, 11) is -1.03. The van der Waals surface area contributed by atoms with Crippen molar-refractivity contribution in [2.45, 2.75) is 109 Å². The molecule has 1 unspecified atom stereocenters. The third-order valence-electron chi connectivity index (χ3n) is 5.77. The minimum atomic E-state index is -3.05. The van der Waals surface area contributed by atoms with Crippen LogP contribution in [0.4, 0.5) is 4.39 Å². The van der Waals surface area contributed by atoms with Crippen LogP contribution >= 0.6 is 7.60 Å². The Balaban J connectivity index is 1.72. The summed E-state index contributed by atoms with van der Waals surface area (Å²) in [4.78, 5) is 0. The average Bonchev–Trinajstić information content (AvgIpc) is 2.78. The zero-order valence-corrected chi connectivity index (χ0v) is 20.9. The van der Waals surface area contributed by atoms with E-state index in [1.165, 1.54) is 70.6 Å². The second-order valence-electron chi connectivity index (χ2n) is 8.67. The smallest absolute Gasteiger partial charge is 0.356 e. The van der Waals surface area contributed by atoms with Gasteiger partial charge >= 0.3 is 7.60 Å². The number of rotatable bonds is 22. The molecule has 0 saturated carbocycles. The van der Waals surface area contributed by atoms with E-state index in [1.54, 1.807) is 0 Å². The zero-order valence-electron chi connectivity index (χ0n) is 20.0. The summed E-state index contributed by atoms with van der Waals surface area (Å²) in [5.41, 5.74) is 0. The molecule has 0 spiro atoms. The lowest BCUT2D eigenvalue weighted by Gasteiger charge is -2.28. The number of unbranched alkanes of at least 4 members (excludes halogenated alkanes) is 13. The molecule has 1 rings (SSSR count). The van der Waals surface area contributed by atoms with E-state index in [9.17, 15) is 8.96 Å². The molecule has 0 N–H and O–H groups in total. The number of hydrogen-bond acceptors (Lipinski definition) is 5. The molecule has 1 heterocycles. The van der Waals surface area contributed by atoms with Gasteiger partial charge in [-0.05, 0) is 19.3 Å². The van der Waals surface area contributed by atoms with Gasteiger partial charge in [0.05, 0.1) is 26.0 Å². The number of hydrogen-bond donors (Lipinski definition) is 0. The van der Waals surface area contributed by atoms with Crippen LogP contribution in [0.25, 0.3) is 0 Å². The van der Waals surface area contributed by atoms with Gasteiger partial charge in [-0.1, -0.05) is 83.4 Å². The van der Waals surface area contributed by atoms with Gasteiger partial charge < -0.3 is 18.5 Å². The van der Waals surface area contributed by atoms with Gasteiger partial charge in [-0.25, -0.2) is 0 Å². The number of ether oxygens (including phenoxy) is 2. The van der Waals surface area contributed by atoms with Gasteiger partial charge in [0.15, 0.2) is 0 Å². The fourth-order valence-electron chi connectivity index (χ4n) is 3.68. The SMILES string of the molecule is BC[C@H]1COP(=O)(OCCCOCCCCCCCCCCCCCCCCF)CO1. The van der Waals surface area contributed by atoms with E-state index in [0.717, 1.165) is 38.6 Å². The van der Waals surface area contributed by atoms with Crippen LogP contribution in [-0.4, -0.2) is 53.4 Å². The number of alkyl halides is 1. The van der Waals surface area contributed by atoms with Gasteiger partial charge in [0, 0.05) is 13.2 Å². The highest BCUT2D eigenvalue weighted by molar-refractivity contribution is 7.53. The highest BCUT2D eigenvalue weighted by Crippen LogP contribution is 2.51. The van der Waals surface area contributed by atoms with Crippen LogP contribution in [0.3, 0.4) is 0 Å². The molecule has 1 saturated heterocycles. The molecule has 31 heavy (non-hydrogen) atoms. The monoisotopic (exact) mass is 464 g/mol. The zero-order chi connectivity index (χ0) is 22.5. The fourth-order valence-corrected chi connectivity index (χ4v) is 5.09. The summed E-state index contributed by atoms with van der Waals surface area (Å²) in [5, 5.41) is 0. The molecule has 0 amide bonds. The van der Waals surface area contributed by atoms with Gasteiger partial charge in [0.25, 0.3) is 0 Å². The molecule has 0 aromatic rings. The van der Waals surface area contributed by atoms with Crippen molar-refractivity contribution in [3.05, 3.63) is 0 Å². The van der Waals surface area contributed by atoms with Crippen LogP contribution in [-0.2, 0) is 23.1 Å². The van der Waals surface area contributed by atoms with E-state index in [0.29, 0.717) is 19.8 Å². The highest BCUT2D eigenvalue weighted by Gasteiger charge is 2.32. The van der Waals surface area contributed by atoms with Crippen LogP contribution in [0.2, 0.25) is 6.32 Å². The van der Waals surface area contributed by atoms with Gasteiger partial charge in [-0.3, -0.25) is 8.96 Å². The fraction of sp³-hybridized carbons (Fsp3) is 1.00. The van der Waals surface area contributed by atoms with Gasteiger partial charge in [0.1, 0.15) is 14.2 Å². The Morgan fingerprint density at radius 3 is 1.77 bits per heavy atom. The largest absolute Gasteiger partial charge is 0.381 e. The quantitative estimate of drug-likeness (QED) is 0.105. The van der Waals surface area contributed by atoms with Crippen molar-refractivity contribution < 1.29 is 27.5 Å². The van der Waals surface area contributed by atoms with Gasteiger partial charge in [-0.15, -0.1) is 0 Å². The van der Waals surface area contributed by atoms with Crippen LogP contribution in [0, 0.1) is 0 Å². The molecule has 0 radical (unpaired) electrons. The predicted molar refractivity (Wildman–Crippen MR) is 129 cm³/mol. The normalized spacial score (nSPS) is 21.5. The van der Waals surface area contributed by atoms with E-state index >= 15 is 0 Å². The van der Waals surface area contributed by atoms with Crippen molar-refractivity contribution in [2.75, 3.05) is 39.5 Å². The van der Waals surface area contributed by atoms with E-state index in [2.05, 4.69) is 0 Å². The van der Waals surface area contributed by atoms with Crippen molar-refractivity contribution in [2.24, 2.45) is 0 Å². The molecule has 184 valence electrons. The molecule has 1 aliphatic rings. The van der Waals surface area contributed by atoms with E-state index in [1.807, 2.05) is 7.85 Å². The van der Waals surface area contributed by atoms with Gasteiger partial charge in [0.2, 0.25) is 0 Å². The summed E-state index contributed by atoms with van der Waals surface area (Å²) >= 11 is 0. The summed E-state index contributed by atoms with van der Waals surface area (Å²) in [6, 6.07) is 0. The molecule has 8 heteroatoms. The lowest BCUT2D eigenvalue weighted by Crippen LogP contribution is -2.26. The molecular weight excluding hydrogens is 417 g/mol. The maximum Gasteiger partial charge on any atom is 0.356 e. The molecular formula is C23H47BFO5P. The molecule has 0 aromatic carbocycles. The van der Waals surface area contributed by atoms with Crippen LogP contribution in [0.15, 0.2) is 0 Å². The van der Waals surface area contributed by atoms with Crippen LogP contribution in [0.1, 0.15) is 96.3 Å². The summed E-state index contributed by atoms with van der Waals surface area (Å²) < 4.78 is 46.1. The second-order valence-corrected chi connectivity index (χ2v) is 10.7. The summed E-state index contributed by atoms with van der Waals surface area (Å²) in [6.45, 7) is 2.01. The van der Waals surface area contributed by atoms with Crippen molar-refractivity contribution >= 4 is 15.4 Å². The first-order chi connectivity index (χ1) is 15.2. The first-order valence-corrected chi connectivity index (χ1v) is 14.6. The van der Waals surface area contributed by atoms with Crippen LogP contribution < -0.4 is 0 Å². The summed E-state index contributed by atoms with van der Waals surface area (Å²) in [5.74, 6) is 0. The van der Waals surface area contributed by atoms with Crippen LogP contribution in [0.5, 0.6) is 0 Å². The van der Waals surface area contributed by atoms with E-state index in [4.69, 9.17) is 18.5 Å². The van der Waals surface area contributed by atoms with Crippen molar-refractivity contribution in [3.8, 4) is 0 Å². The molecule has 0 bridgehead atoms. The predicted octanol–water partition coefficient (Wildman–Crippen LogP) is 6.46. The van der Waals surface area contributed by atoms with Crippen molar-refractivity contribution in [1.82, 2.24) is 0 Å². The maximum atomic E-state index is 12.3. The maximum absolute atomic E-state index is 12.3. The standard InChI is InChI=1S/C23H47BFO5P/c24-20-23-21-30-31(26,22-28-23)29-19-15-18-27-17-14-12-10-8-6-4-2-1-3-5-7-9-11-13-16-25/h23H,1-22,24H2/t23-,31?/m0/s1. The Hall–Kier alpha value is 0.0649. The molecule has 2 atom stereocenters. The molecule has 0 aliphatic carbocycles. The lowest BCUT2D eigenvalue weighted by atomic mass is 10.0. The average molecular weight is 464 g/mol. The second kappa shape index (κ2) is 20.7. The summed E-state index contributed by atoms with van der Waals surface area (Å²) in [6.07, 6.45) is 19.0. The number of halogens is 1. The topological polar surface area (TPSA) is 54.0 Å². The van der Waals surface area contributed by atoms with Gasteiger partial charge in [-0.2, -0.15) is 0 Å². The minimum Gasteiger partial charge on any atom is -0.381 e. The first-order valence-electron chi connectivity index (χ1n) is 12.8. The molecule has 5 nitrogen and oxygen atoms in total. The van der Waals surface area contributed by atoms with E-state index < -0.39 is 7.60 Å². The minimum absolute atomic E-state index is 0.0364. The Bertz CT molecular complexity index is 432. The molecule has 0 aromatic heterocycles. The first kappa shape index (κ1) is 29.1. The Morgan fingerprint density at radius 1 is 0.774 bits per heavy atom. The third-order valence-corrected chi connectivity index (χ3v) is 7.36. The van der Waals surface area contributed by atoms with E-state index in [-0.39, 0.29) is 19.1 Å². The lowest BCUT2D eigenvalue weighted by molar-refractivity contribution is 0.00384.